The predicted octanol–water partition coefficient (Wildman–Crippen LogP) is 6.28. The van der Waals surface area contributed by atoms with E-state index in [0.717, 1.165) is 29.8 Å². The highest BCUT2D eigenvalue weighted by Gasteiger charge is 2.31. The van der Waals surface area contributed by atoms with Crippen LogP contribution in [-0.2, 0) is 13.0 Å². The Bertz CT molecular complexity index is 1280. The Morgan fingerprint density at radius 3 is 2.54 bits per heavy atom. The Hall–Kier alpha value is -3.68. The molecule has 7 nitrogen and oxygen atoms in total. The van der Waals surface area contributed by atoms with Gasteiger partial charge in [0.2, 0.25) is 0 Å². The summed E-state index contributed by atoms with van der Waals surface area (Å²) in [5.41, 5.74) is 4.50. The summed E-state index contributed by atoms with van der Waals surface area (Å²) in [4.78, 5) is 18.0. The Balaban J connectivity index is 1.51. The predicted molar refractivity (Wildman–Crippen MR) is 137 cm³/mol. The van der Waals surface area contributed by atoms with Crippen LogP contribution in [0.2, 0.25) is 5.02 Å². The molecule has 4 aromatic rings. The molecule has 180 valence electrons. The van der Waals surface area contributed by atoms with Gasteiger partial charge in [-0.15, -0.1) is 0 Å². The second-order valence-electron chi connectivity index (χ2n) is 8.24. The first-order valence-electron chi connectivity index (χ1n) is 11.4. The van der Waals surface area contributed by atoms with Crippen LogP contribution in [0.1, 0.15) is 35.5 Å². The zero-order valence-corrected chi connectivity index (χ0v) is 20.4. The highest BCUT2D eigenvalue weighted by molar-refractivity contribution is 6.31. The monoisotopic (exact) mass is 490 g/mol. The fourth-order valence-electron chi connectivity index (χ4n) is 4.02. The Labute approximate surface area is 209 Å². The van der Waals surface area contributed by atoms with Gasteiger partial charge in [0.05, 0.1) is 6.04 Å². The largest absolute Gasteiger partial charge is 0.465 e. The molecule has 2 aromatic heterocycles. The third-order valence-corrected chi connectivity index (χ3v) is 6.19. The number of carboxylic acid groups (broad SMARTS) is 1. The van der Waals surface area contributed by atoms with Gasteiger partial charge in [-0.05, 0) is 43.2 Å². The molecule has 0 aliphatic rings. The van der Waals surface area contributed by atoms with Crippen molar-refractivity contribution in [1.29, 1.82) is 0 Å². The number of anilines is 1. The van der Waals surface area contributed by atoms with Gasteiger partial charge in [-0.3, -0.25) is 9.88 Å². The second-order valence-corrected chi connectivity index (χ2v) is 8.65. The lowest BCUT2D eigenvalue weighted by Gasteiger charge is -2.27. The summed E-state index contributed by atoms with van der Waals surface area (Å²) in [5, 5.41) is 18.1. The maximum atomic E-state index is 12.4. The molecule has 1 unspecified atom stereocenters. The lowest BCUT2D eigenvalue weighted by atomic mass is 10.0. The minimum absolute atomic E-state index is 0.401. The van der Waals surface area contributed by atoms with Crippen LogP contribution in [-0.4, -0.2) is 27.9 Å². The minimum Gasteiger partial charge on any atom is -0.465 e. The minimum atomic E-state index is -1.11. The lowest BCUT2D eigenvalue weighted by Crippen LogP contribution is -2.33. The number of nitrogens with one attached hydrogen (secondary N) is 1. The van der Waals surface area contributed by atoms with Gasteiger partial charge in [0.15, 0.2) is 5.76 Å². The van der Waals surface area contributed by atoms with Crippen molar-refractivity contribution in [3.63, 3.8) is 0 Å². The lowest BCUT2D eigenvalue weighted by molar-refractivity contribution is 0.199. The number of aryl methyl sites for hydroxylation is 1. The van der Waals surface area contributed by atoms with E-state index in [-0.39, 0.29) is 0 Å². The number of nitrogens with zero attached hydrogens (tertiary/aromatic N) is 3. The average molecular weight is 491 g/mol. The number of carbonyl (C=O) groups is 1. The normalized spacial score (nSPS) is 11.9. The van der Waals surface area contributed by atoms with Crippen LogP contribution in [0.5, 0.6) is 0 Å². The fourth-order valence-corrected chi connectivity index (χ4v) is 4.31. The SMILES string of the molecule is Cc1noc(-c2ccc(CNCCc3ccccn3)cc2)c1N(C(=O)O)C(C)c1ccccc1Cl. The van der Waals surface area contributed by atoms with E-state index in [1.54, 1.807) is 26.1 Å². The van der Waals surface area contributed by atoms with Crippen LogP contribution in [0, 0.1) is 6.92 Å². The molecule has 0 aliphatic carbocycles. The molecule has 0 aliphatic heterocycles. The number of rotatable bonds is 9. The van der Waals surface area contributed by atoms with E-state index in [1.807, 2.05) is 60.7 Å². The average Bonchev–Trinajstić information content (AvgIpc) is 3.24. The standard InChI is InChI=1S/C27H27ClN4O3/c1-18-25(32(27(33)34)19(2)23-8-3-4-9-24(23)28)26(35-31-18)21-12-10-20(11-13-21)17-29-16-14-22-7-5-6-15-30-22/h3-13,15,19,29H,14,16-17H2,1-2H3,(H,33,34). The first-order chi connectivity index (χ1) is 17.0. The van der Waals surface area contributed by atoms with E-state index in [4.69, 9.17) is 16.1 Å². The zero-order valence-electron chi connectivity index (χ0n) is 19.6. The summed E-state index contributed by atoms with van der Waals surface area (Å²) in [6.45, 7) is 5.06. The van der Waals surface area contributed by atoms with Gasteiger partial charge >= 0.3 is 6.09 Å². The summed E-state index contributed by atoms with van der Waals surface area (Å²) in [6.07, 6.45) is 1.54. The smallest absolute Gasteiger partial charge is 0.412 e. The van der Waals surface area contributed by atoms with E-state index in [2.05, 4.69) is 15.5 Å². The molecule has 1 atom stereocenters. The summed E-state index contributed by atoms with van der Waals surface area (Å²) in [7, 11) is 0. The molecule has 0 radical (unpaired) electrons. The van der Waals surface area contributed by atoms with Gasteiger partial charge in [0, 0.05) is 42.0 Å². The van der Waals surface area contributed by atoms with Gasteiger partial charge in [-0.2, -0.15) is 0 Å². The zero-order chi connectivity index (χ0) is 24.8. The van der Waals surface area contributed by atoms with Crippen LogP contribution >= 0.6 is 11.6 Å². The summed E-state index contributed by atoms with van der Waals surface area (Å²) in [5.74, 6) is 0.401. The van der Waals surface area contributed by atoms with E-state index in [0.29, 0.717) is 34.3 Å². The molecule has 1 amide bonds. The number of halogens is 1. The molecule has 4 rings (SSSR count). The van der Waals surface area contributed by atoms with Crippen molar-refractivity contribution in [1.82, 2.24) is 15.5 Å². The Morgan fingerprint density at radius 2 is 1.86 bits per heavy atom. The molecule has 35 heavy (non-hydrogen) atoms. The van der Waals surface area contributed by atoms with Crippen LogP contribution in [0.15, 0.2) is 77.4 Å². The van der Waals surface area contributed by atoms with E-state index in [9.17, 15) is 9.90 Å². The highest BCUT2D eigenvalue weighted by atomic mass is 35.5. The van der Waals surface area contributed by atoms with Crippen molar-refractivity contribution >= 4 is 23.4 Å². The highest BCUT2D eigenvalue weighted by Crippen LogP contribution is 2.39. The number of aromatic nitrogens is 2. The molecule has 8 heteroatoms. The first kappa shape index (κ1) is 24.4. The van der Waals surface area contributed by atoms with Gasteiger partial charge in [-0.1, -0.05) is 65.3 Å². The third kappa shape index (κ3) is 5.70. The van der Waals surface area contributed by atoms with Crippen molar-refractivity contribution in [2.75, 3.05) is 11.4 Å². The van der Waals surface area contributed by atoms with Crippen LogP contribution < -0.4 is 10.2 Å². The second kappa shape index (κ2) is 11.2. The molecule has 2 aromatic carbocycles. The number of pyridine rings is 1. The number of benzene rings is 2. The third-order valence-electron chi connectivity index (χ3n) is 5.85. The van der Waals surface area contributed by atoms with Gasteiger partial charge < -0.3 is 14.9 Å². The maximum absolute atomic E-state index is 12.4. The van der Waals surface area contributed by atoms with Crippen molar-refractivity contribution in [2.45, 2.75) is 32.9 Å². The van der Waals surface area contributed by atoms with Crippen LogP contribution in [0.25, 0.3) is 11.3 Å². The quantitative estimate of drug-likeness (QED) is 0.268. The van der Waals surface area contributed by atoms with Crippen LogP contribution in [0.3, 0.4) is 0 Å². The molecule has 2 heterocycles. The molecule has 0 bridgehead atoms. The first-order valence-corrected chi connectivity index (χ1v) is 11.8. The van der Waals surface area contributed by atoms with Crippen molar-refractivity contribution in [3.05, 3.63) is 100 Å². The molecule has 0 spiro atoms. The number of amides is 1. The topological polar surface area (TPSA) is 91.5 Å². The van der Waals surface area contributed by atoms with E-state index < -0.39 is 12.1 Å². The number of hydrogen-bond acceptors (Lipinski definition) is 5. The number of hydrogen-bond donors (Lipinski definition) is 2. The van der Waals surface area contributed by atoms with E-state index >= 15 is 0 Å². The van der Waals surface area contributed by atoms with Crippen molar-refractivity contribution in [2.24, 2.45) is 0 Å². The molecular formula is C27H27ClN4O3. The van der Waals surface area contributed by atoms with Gasteiger partial charge in [-0.25, -0.2) is 4.79 Å². The maximum Gasteiger partial charge on any atom is 0.412 e. The Morgan fingerprint density at radius 1 is 1.11 bits per heavy atom. The van der Waals surface area contributed by atoms with Crippen LogP contribution in [0.4, 0.5) is 10.5 Å². The van der Waals surface area contributed by atoms with Gasteiger partial charge in [0.25, 0.3) is 0 Å². The summed E-state index contributed by atoms with van der Waals surface area (Å²) >= 11 is 6.36. The van der Waals surface area contributed by atoms with Crippen molar-refractivity contribution in [3.8, 4) is 11.3 Å². The fraction of sp³-hybridized carbons (Fsp3) is 0.222. The molecule has 0 saturated carbocycles. The van der Waals surface area contributed by atoms with Gasteiger partial charge in [0.1, 0.15) is 11.4 Å². The van der Waals surface area contributed by atoms with E-state index in [1.165, 1.54) is 4.90 Å². The molecule has 0 fully saturated rings. The molecular weight excluding hydrogens is 464 g/mol. The summed E-state index contributed by atoms with van der Waals surface area (Å²) < 4.78 is 5.61. The molecule has 0 saturated heterocycles. The summed E-state index contributed by atoms with van der Waals surface area (Å²) in [6, 6.07) is 20.4. The molecule has 2 N–H and O–H groups in total. The van der Waals surface area contributed by atoms with Crippen molar-refractivity contribution < 1.29 is 14.4 Å². The Kier molecular flexibility index (Phi) is 7.80.